The van der Waals surface area contributed by atoms with E-state index in [0.29, 0.717) is 16.8 Å². The first-order valence-electron chi connectivity index (χ1n) is 10.2. The van der Waals surface area contributed by atoms with E-state index >= 15 is 0 Å². The Balaban J connectivity index is 1.41. The molecule has 0 saturated heterocycles. The van der Waals surface area contributed by atoms with Crippen molar-refractivity contribution in [2.75, 3.05) is 11.1 Å². The molecule has 0 radical (unpaired) electrons. The quantitative estimate of drug-likeness (QED) is 0.453. The molecule has 162 valence electrons. The molecule has 1 heterocycles. The van der Waals surface area contributed by atoms with E-state index in [-0.39, 0.29) is 18.3 Å². The zero-order valence-corrected chi connectivity index (χ0v) is 19.4. The normalized spacial score (nSPS) is 13.3. The number of aromatic nitrogens is 3. The monoisotopic (exact) mass is 456 g/mol. The summed E-state index contributed by atoms with van der Waals surface area (Å²) < 4.78 is 7.95. The first-order chi connectivity index (χ1) is 14.9. The molecule has 0 spiro atoms. The molecule has 1 aliphatic rings. The number of halogens is 1. The van der Waals surface area contributed by atoms with Crippen LogP contribution in [-0.2, 0) is 11.4 Å². The Hall–Kier alpha value is -2.51. The van der Waals surface area contributed by atoms with Gasteiger partial charge in [0.2, 0.25) is 5.91 Å². The number of hydrogen-bond acceptors (Lipinski definition) is 5. The number of carbonyl (C=O) groups is 1. The highest BCUT2D eigenvalue weighted by Crippen LogP contribution is 2.39. The average molecular weight is 457 g/mol. The molecule has 31 heavy (non-hydrogen) atoms. The van der Waals surface area contributed by atoms with Gasteiger partial charge in [-0.25, -0.2) is 0 Å². The highest BCUT2D eigenvalue weighted by molar-refractivity contribution is 7.99. The summed E-state index contributed by atoms with van der Waals surface area (Å²) in [5.41, 5.74) is 4.20. The molecule has 1 amide bonds. The Morgan fingerprint density at radius 1 is 1.19 bits per heavy atom. The lowest BCUT2D eigenvalue weighted by Crippen LogP contribution is -2.16. The molecule has 1 saturated carbocycles. The molecule has 1 aliphatic carbocycles. The van der Waals surface area contributed by atoms with Gasteiger partial charge in [0.25, 0.3) is 0 Å². The Bertz CT molecular complexity index is 1090. The molecule has 0 bridgehead atoms. The van der Waals surface area contributed by atoms with Gasteiger partial charge in [0.05, 0.1) is 10.8 Å². The smallest absolute Gasteiger partial charge is 0.234 e. The van der Waals surface area contributed by atoms with Crippen molar-refractivity contribution >= 4 is 35.0 Å². The van der Waals surface area contributed by atoms with Crippen LogP contribution in [0.3, 0.4) is 0 Å². The summed E-state index contributed by atoms with van der Waals surface area (Å²) in [4.78, 5) is 12.6. The van der Waals surface area contributed by atoms with Crippen LogP contribution in [-0.4, -0.2) is 26.4 Å². The number of nitrogens with zero attached hydrogens (tertiary/aromatic N) is 3. The second-order valence-corrected chi connectivity index (χ2v) is 9.18. The van der Waals surface area contributed by atoms with Gasteiger partial charge in [-0.15, -0.1) is 10.2 Å². The van der Waals surface area contributed by atoms with Gasteiger partial charge >= 0.3 is 0 Å². The summed E-state index contributed by atoms with van der Waals surface area (Å²) in [5.74, 6) is 1.57. The lowest BCUT2D eigenvalue weighted by atomic mass is 10.1. The molecule has 0 aliphatic heterocycles. The maximum Gasteiger partial charge on any atom is 0.234 e. The van der Waals surface area contributed by atoms with Crippen LogP contribution in [0.15, 0.2) is 41.6 Å². The summed E-state index contributed by atoms with van der Waals surface area (Å²) in [7, 11) is 0. The third kappa shape index (κ3) is 5.22. The van der Waals surface area contributed by atoms with E-state index in [1.807, 2.05) is 32.0 Å². The van der Waals surface area contributed by atoms with Crippen LogP contribution >= 0.6 is 23.4 Å². The third-order valence-corrected chi connectivity index (χ3v) is 6.37. The molecule has 0 unspecified atom stereocenters. The summed E-state index contributed by atoms with van der Waals surface area (Å²) >= 11 is 7.57. The Labute approximate surface area is 191 Å². The Kier molecular flexibility index (Phi) is 6.53. The first kappa shape index (κ1) is 21.7. The van der Waals surface area contributed by atoms with Crippen molar-refractivity contribution in [2.24, 2.45) is 0 Å². The molecule has 0 atom stereocenters. The van der Waals surface area contributed by atoms with Crippen LogP contribution in [0.4, 0.5) is 5.69 Å². The highest BCUT2D eigenvalue weighted by Gasteiger charge is 2.30. The van der Waals surface area contributed by atoms with Gasteiger partial charge in [-0.05, 0) is 56.9 Å². The van der Waals surface area contributed by atoms with E-state index in [1.54, 1.807) is 6.07 Å². The van der Waals surface area contributed by atoms with Gasteiger partial charge in [0.15, 0.2) is 11.0 Å². The lowest BCUT2D eigenvalue weighted by molar-refractivity contribution is -0.113. The minimum atomic E-state index is -0.0562. The number of benzene rings is 2. The van der Waals surface area contributed by atoms with Gasteiger partial charge in [0.1, 0.15) is 12.4 Å². The third-order valence-electron chi connectivity index (χ3n) is 5.11. The number of ether oxygens (including phenoxy) is 1. The number of para-hydroxylation sites is 1. The number of nitrogens with one attached hydrogen (secondary N) is 1. The zero-order chi connectivity index (χ0) is 22.0. The van der Waals surface area contributed by atoms with Crippen molar-refractivity contribution in [3.05, 3.63) is 63.9 Å². The molecule has 4 rings (SSSR count). The zero-order valence-electron chi connectivity index (χ0n) is 17.8. The van der Waals surface area contributed by atoms with Gasteiger partial charge in [0, 0.05) is 11.7 Å². The predicted molar refractivity (Wildman–Crippen MR) is 124 cm³/mol. The van der Waals surface area contributed by atoms with E-state index in [4.69, 9.17) is 16.3 Å². The molecular formula is C23H25ClN4O2S. The van der Waals surface area contributed by atoms with E-state index in [1.165, 1.54) is 17.3 Å². The van der Waals surface area contributed by atoms with Gasteiger partial charge < -0.3 is 10.1 Å². The van der Waals surface area contributed by atoms with Crippen LogP contribution in [0.25, 0.3) is 0 Å². The van der Waals surface area contributed by atoms with Crippen molar-refractivity contribution in [3.63, 3.8) is 0 Å². The van der Waals surface area contributed by atoms with Crippen LogP contribution in [0.5, 0.6) is 5.75 Å². The Morgan fingerprint density at radius 3 is 2.58 bits per heavy atom. The number of rotatable bonds is 8. The fourth-order valence-electron chi connectivity index (χ4n) is 3.59. The first-order valence-corrected chi connectivity index (χ1v) is 11.6. The summed E-state index contributed by atoms with van der Waals surface area (Å²) in [6.45, 7) is 6.36. The largest absolute Gasteiger partial charge is 0.484 e. The molecule has 2 aromatic carbocycles. The number of amides is 1. The van der Waals surface area contributed by atoms with Gasteiger partial charge in [-0.3, -0.25) is 9.36 Å². The van der Waals surface area contributed by atoms with Crippen LogP contribution in [0.2, 0.25) is 5.02 Å². The van der Waals surface area contributed by atoms with Crippen molar-refractivity contribution in [1.29, 1.82) is 0 Å². The number of aryl methyl sites for hydroxylation is 3. The number of thioether (sulfide) groups is 1. The Morgan fingerprint density at radius 2 is 1.90 bits per heavy atom. The van der Waals surface area contributed by atoms with Gasteiger partial charge in [-0.1, -0.05) is 53.2 Å². The van der Waals surface area contributed by atoms with Crippen molar-refractivity contribution in [2.45, 2.75) is 51.4 Å². The number of hydrogen-bond donors (Lipinski definition) is 1. The molecule has 8 heteroatoms. The van der Waals surface area contributed by atoms with Crippen molar-refractivity contribution < 1.29 is 9.53 Å². The fourth-order valence-corrected chi connectivity index (χ4v) is 4.61. The molecule has 6 nitrogen and oxygen atoms in total. The molecular weight excluding hydrogens is 432 g/mol. The average Bonchev–Trinajstić information content (AvgIpc) is 3.48. The fraction of sp³-hybridized carbons (Fsp3) is 0.348. The minimum Gasteiger partial charge on any atom is -0.484 e. The molecule has 1 fully saturated rings. The highest BCUT2D eigenvalue weighted by atomic mass is 35.5. The van der Waals surface area contributed by atoms with Crippen LogP contribution < -0.4 is 10.1 Å². The molecule has 3 aromatic rings. The maximum absolute atomic E-state index is 12.6. The van der Waals surface area contributed by atoms with Crippen LogP contribution in [0, 0.1) is 20.8 Å². The number of carbonyl (C=O) groups excluding carboxylic acids is 1. The summed E-state index contributed by atoms with van der Waals surface area (Å²) in [6, 6.07) is 11.9. The SMILES string of the molecule is Cc1cc(C)c(NC(=O)CSc2nnc(COc3ccccc3Cl)n2C2CC2)c(C)c1. The van der Waals surface area contributed by atoms with Gasteiger partial charge in [-0.2, -0.15) is 0 Å². The van der Waals surface area contributed by atoms with E-state index in [0.717, 1.165) is 40.6 Å². The minimum absolute atomic E-state index is 0.0562. The van der Waals surface area contributed by atoms with E-state index < -0.39 is 0 Å². The van der Waals surface area contributed by atoms with Crippen molar-refractivity contribution in [1.82, 2.24) is 14.8 Å². The van der Waals surface area contributed by atoms with Crippen molar-refractivity contribution in [3.8, 4) is 5.75 Å². The molecule has 1 N–H and O–H groups in total. The van der Waals surface area contributed by atoms with E-state index in [2.05, 4.69) is 39.1 Å². The number of anilines is 1. The lowest BCUT2D eigenvalue weighted by Gasteiger charge is -2.13. The summed E-state index contributed by atoms with van der Waals surface area (Å²) in [5, 5.41) is 13.0. The predicted octanol–water partition coefficient (Wildman–Crippen LogP) is 5.50. The maximum atomic E-state index is 12.6. The second kappa shape index (κ2) is 9.32. The van der Waals surface area contributed by atoms with E-state index in [9.17, 15) is 4.79 Å². The topological polar surface area (TPSA) is 69.0 Å². The second-order valence-electron chi connectivity index (χ2n) is 7.83. The molecule has 1 aromatic heterocycles. The van der Waals surface area contributed by atoms with Crippen LogP contribution in [0.1, 0.15) is 41.4 Å². The summed E-state index contributed by atoms with van der Waals surface area (Å²) in [6.07, 6.45) is 2.16. The standard InChI is InChI=1S/C23H25ClN4O2S/c1-14-10-15(2)22(16(3)11-14)25-21(29)13-31-23-27-26-20(28(23)17-8-9-17)12-30-19-7-5-4-6-18(19)24/h4-7,10-11,17H,8-9,12-13H2,1-3H3,(H,25,29).